The van der Waals surface area contributed by atoms with Gasteiger partial charge in [-0.1, -0.05) is 129 Å². The summed E-state index contributed by atoms with van der Waals surface area (Å²) in [6.45, 7) is 12.7. The Bertz CT molecular complexity index is 1030. The SMILES string of the molecule is CCCCCCCCCCCC[N+](C)(C)CCOCCOCCOC(=O)c1ccccc1C(=O)OCCOCCOCC[N+](C)(C)CCCCCCCCCCCC. The maximum absolute atomic E-state index is 12.8. The summed E-state index contributed by atoms with van der Waals surface area (Å²) in [5, 5.41) is 0. The van der Waals surface area contributed by atoms with E-state index in [1.165, 1.54) is 142 Å². The number of carbonyl (C=O) groups is 2. The van der Waals surface area contributed by atoms with Crippen molar-refractivity contribution in [1.29, 1.82) is 0 Å². The summed E-state index contributed by atoms with van der Waals surface area (Å²) in [4.78, 5) is 25.5. The Morgan fingerprint density at radius 1 is 0.379 bits per heavy atom. The van der Waals surface area contributed by atoms with E-state index in [9.17, 15) is 9.59 Å². The Labute approximate surface area is 356 Å². The van der Waals surface area contributed by atoms with Gasteiger partial charge in [0.2, 0.25) is 0 Å². The first kappa shape index (κ1) is 53.9. The van der Waals surface area contributed by atoms with Gasteiger partial charge in [0.25, 0.3) is 0 Å². The molecule has 0 unspecified atom stereocenters. The third-order valence-corrected chi connectivity index (χ3v) is 10.9. The van der Waals surface area contributed by atoms with Crippen LogP contribution in [0.15, 0.2) is 24.3 Å². The van der Waals surface area contributed by atoms with Crippen LogP contribution < -0.4 is 0 Å². The van der Waals surface area contributed by atoms with Crippen molar-refractivity contribution < 1.29 is 47.0 Å². The zero-order valence-corrected chi connectivity index (χ0v) is 38.5. The van der Waals surface area contributed by atoms with Crippen LogP contribution in [0.3, 0.4) is 0 Å². The molecule has 338 valence electrons. The molecule has 10 heteroatoms. The van der Waals surface area contributed by atoms with Crippen molar-refractivity contribution in [3.8, 4) is 0 Å². The number of likely N-dealkylation sites (N-methyl/N-ethyl adjacent to an activating group) is 2. The van der Waals surface area contributed by atoms with E-state index >= 15 is 0 Å². The number of quaternary nitrogens is 2. The fourth-order valence-electron chi connectivity index (χ4n) is 6.93. The van der Waals surface area contributed by atoms with E-state index in [1.807, 2.05) is 0 Å². The second kappa shape index (κ2) is 36.7. The van der Waals surface area contributed by atoms with Gasteiger partial charge in [-0.25, -0.2) is 9.59 Å². The number of rotatable bonds is 42. The molecule has 0 aliphatic heterocycles. The van der Waals surface area contributed by atoms with Crippen molar-refractivity contribution in [1.82, 2.24) is 0 Å². The first-order valence-electron chi connectivity index (χ1n) is 23.5. The fourth-order valence-corrected chi connectivity index (χ4v) is 6.93. The van der Waals surface area contributed by atoms with Crippen LogP contribution in [0.1, 0.15) is 163 Å². The van der Waals surface area contributed by atoms with Crippen LogP contribution in [0.5, 0.6) is 0 Å². The highest BCUT2D eigenvalue weighted by Gasteiger charge is 2.19. The molecule has 0 heterocycles. The second-order valence-electron chi connectivity index (χ2n) is 17.4. The summed E-state index contributed by atoms with van der Waals surface area (Å²) >= 11 is 0. The number of hydrogen-bond donors (Lipinski definition) is 0. The van der Waals surface area contributed by atoms with Gasteiger partial charge in [0.05, 0.1) is 105 Å². The summed E-state index contributed by atoms with van der Waals surface area (Å²) in [5.74, 6) is -1.18. The van der Waals surface area contributed by atoms with E-state index in [1.54, 1.807) is 24.3 Å². The third kappa shape index (κ3) is 31.8. The molecule has 0 aliphatic carbocycles. The molecule has 0 atom stereocenters. The lowest BCUT2D eigenvalue weighted by molar-refractivity contribution is -0.891. The van der Waals surface area contributed by atoms with Gasteiger partial charge >= 0.3 is 11.9 Å². The zero-order valence-electron chi connectivity index (χ0n) is 38.5. The first-order valence-corrected chi connectivity index (χ1v) is 23.5. The predicted molar refractivity (Wildman–Crippen MR) is 238 cm³/mol. The van der Waals surface area contributed by atoms with Gasteiger partial charge in [-0.15, -0.1) is 0 Å². The van der Waals surface area contributed by atoms with Gasteiger partial charge in [-0.2, -0.15) is 0 Å². The molecule has 0 N–H and O–H groups in total. The van der Waals surface area contributed by atoms with Crippen molar-refractivity contribution >= 4 is 11.9 Å². The van der Waals surface area contributed by atoms with Crippen molar-refractivity contribution in [2.24, 2.45) is 0 Å². The number of ether oxygens (including phenoxy) is 6. The average molecular weight is 823 g/mol. The highest BCUT2D eigenvalue weighted by Crippen LogP contribution is 2.14. The molecule has 58 heavy (non-hydrogen) atoms. The minimum Gasteiger partial charge on any atom is -0.460 e. The highest BCUT2D eigenvalue weighted by atomic mass is 16.6. The van der Waals surface area contributed by atoms with Crippen LogP contribution in [0.4, 0.5) is 0 Å². The molecule has 10 nitrogen and oxygen atoms in total. The molecule has 0 amide bonds. The summed E-state index contributed by atoms with van der Waals surface area (Å²) < 4.78 is 35.5. The van der Waals surface area contributed by atoms with Crippen LogP contribution in [0, 0.1) is 0 Å². The summed E-state index contributed by atoms with van der Waals surface area (Å²) in [6, 6.07) is 6.52. The highest BCUT2D eigenvalue weighted by molar-refractivity contribution is 6.03. The normalized spacial score (nSPS) is 12.0. The Morgan fingerprint density at radius 3 is 0.983 bits per heavy atom. The molecular formula is C48H90N2O8+2. The van der Waals surface area contributed by atoms with Crippen molar-refractivity contribution in [2.45, 2.75) is 142 Å². The van der Waals surface area contributed by atoms with Gasteiger partial charge in [0.15, 0.2) is 0 Å². The number of hydrogen-bond acceptors (Lipinski definition) is 8. The topological polar surface area (TPSA) is 89.5 Å². The summed E-state index contributed by atoms with van der Waals surface area (Å²) in [7, 11) is 9.08. The lowest BCUT2D eigenvalue weighted by atomic mass is 10.1. The minimum atomic E-state index is -0.589. The zero-order chi connectivity index (χ0) is 42.4. The molecule has 0 aromatic heterocycles. The number of unbranched alkanes of at least 4 members (excludes halogenated alkanes) is 18. The molecule has 1 aromatic carbocycles. The van der Waals surface area contributed by atoms with Crippen molar-refractivity contribution in [3.05, 3.63) is 35.4 Å². The van der Waals surface area contributed by atoms with Crippen LogP contribution in [-0.4, -0.2) is 141 Å². The lowest BCUT2D eigenvalue weighted by Gasteiger charge is -2.29. The van der Waals surface area contributed by atoms with Gasteiger partial charge in [-0.3, -0.25) is 0 Å². The molecule has 0 saturated heterocycles. The second-order valence-corrected chi connectivity index (χ2v) is 17.4. The molecule has 0 bridgehead atoms. The Morgan fingerprint density at radius 2 is 0.655 bits per heavy atom. The minimum absolute atomic E-state index is 0.0801. The molecule has 1 rings (SSSR count). The van der Waals surface area contributed by atoms with Crippen LogP contribution in [0.25, 0.3) is 0 Å². The number of carbonyl (C=O) groups excluding carboxylic acids is 2. The summed E-state index contributed by atoms with van der Waals surface area (Å²) in [6.07, 6.45) is 27.2. The van der Waals surface area contributed by atoms with Crippen molar-refractivity contribution in [2.75, 3.05) is 120 Å². The maximum Gasteiger partial charge on any atom is 0.339 e. The molecule has 0 spiro atoms. The number of benzene rings is 1. The van der Waals surface area contributed by atoms with E-state index in [-0.39, 0.29) is 37.6 Å². The standard InChI is InChI=1S/C48H90N2O8/c1-7-9-11-13-15-17-19-21-23-27-31-49(3,4)33-35-53-37-39-55-41-43-57-47(51)45-29-25-26-30-46(45)48(52)58-44-42-56-40-38-54-36-34-50(5,6)32-28-24-22-20-18-16-14-12-10-8-2/h25-26,29-30H,7-24,27-28,31-44H2,1-6H3/q+2. The van der Waals surface area contributed by atoms with Crippen LogP contribution >= 0.6 is 0 Å². The smallest absolute Gasteiger partial charge is 0.339 e. The third-order valence-electron chi connectivity index (χ3n) is 10.9. The van der Waals surface area contributed by atoms with Gasteiger partial charge < -0.3 is 37.4 Å². The fraction of sp³-hybridized carbons (Fsp3) is 0.833. The molecular weight excluding hydrogens is 733 g/mol. The molecule has 0 radical (unpaired) electrons. The van der Waals surface area contributed by atoms with Crippen molar-refractivity contribution in [3.63, 3.8) is 0 Å². The number of esters is 2. The number of nitrogens with zero attached hydrogens (tertiary/aromatic N) is 2. The van der Waals surface area contributed by atoms with E-state index < -0.39 is 11.9 Å². The van der Waals surface area contributed by atoms with E-state index in [4.69, 9.17) is 28.4 Å². The lowest BCUT2D eigenvalue weighted by Crippen LogP contribution is -2.43. The Hall–Kier alpha value is -2.08. The van der Waals surface area contributed by atoms with Crippen LogP contribution in [-0.2, 0) is 28.4 Å². The predicted octanol–water partition coefficient (Wildman–Crippen LogP) is 10.1. The van der Waals surface area contributed by atoms with Gasteiger partial charge in [0.1, 0.15) is 26.3 Å². The first-order chi connectivity index (χ1) is 28.1. The van der Waals surface area contributed by atoms with E-state index in [0.29, 0.717) is 39.6 Å². The molecule has 1 aromatic rings. The van der Waals surface area contributed by atoms with Crippen LogP contribution in [0.2, 0.25) is 0 Å². The van der Waals surface area contributed by atoms with E-state index in [2.05, 4.69) is 42.0 Å². The molecule has 0 fully saturated rings. The quantitative estimate of drug-likeness (QED) is 0.0366. The average Bonchev–Trinajstić information content (AvgIpc) is 3.20. The van der Waals surface area contributed by atoms with E-state index in [0.717, 1.165) is 22.1 Å². The Kier molecular flexibility index (Phi) is 34.2. The maximum atomic E-state index is 12.8. The molecule has 0 saturated carbocycles. The van der Waals surface area contributed by atoms with Gasteiger partial charge in [0, 0.05) is 0 Å². The van der Waals surface area contributed by atoms with Gasteiger partial charge in [-0.05, 0) is 37.8 Å². The largest absolute Gasteiger partial charge is 0.460 e. The summed E-state index contributed by atoms with van der Waals surface area (Å²) in [5.41, 5.74) is 0.330. The Balaban J connectivity index is 2.07. The monoisotopic (exact) mass is 823 g/mol. The molecule has 0 aliphatic rings.